The van der Waals surface area contributed by atoms with Crippen molar-refractivity contribution in [2.24, 2.45) is 5.10 Å². The quantitative estimate of drug-likeness (QED) is 0.279. The summed E-state index contributed by atoms with van der Waals surface area (Å²) >= 11 is 1.37. The van der Waals surface area contributed by atoms with Crippen molar-refractivity contribution >= 4 is 48.8 Å². The van der Waals surface area contributed by atoms with Crippen LogP contribution in [0, 0.1) is 6.92 Å². The lowest BCUT2D eigenvalue weighted by Gasteiger charge is -2.26. The van der Waals surface area contributed by atoms with Crippen molar-refractivity contribution in [1.29, 1.82) is 0 Å². The monoisotopic (exact) mass is 520 g/mol. The lowest BCUT2D eigenvalue weighted by molar-refractivity contribution is 0.0730. The van der Waals surface area contributed by atoms with Gasteiger partial charge in [-0.15, -0.1) is 0 Å². The maximum absolute atomic E-state index is 13.6. The average Bonchev–Trinajstić information content (AvgIpc) is 3.32. The van der Waals surface area contributed by atoms with Crippen LogP contribution in [0.15, 0.2) is 82.8 Å². The van der Waals surface area contributed by atoms with E-state index in [2.05, 4.69) is 10.1 Å². The number of rotatable bonds is 6. The number of morpholine rings is 1. The summed E-state index contributed by atoms with van der Waals surface area (Å²) < 4.78 is 33.5. The molecule has 0 atom stereocenters. The number of aryl methyl sites for hydroxylation is 1. The molecule has 0 aliphatic carbocycles. The molecule has 184 valence electrons. The first-order valence-electron chi connectivity index (χ1n) is 11.4. The van der Waals surface area contributed by atoms with Crippen LogP contribution in [-0.4, -0.2) is 56.1 Å². The number of ether oxygens (including phenoxy) is 1. The van der Waals surface area contributed by atoms with Crippen molar-refractivity contribution in [1.82, 2.24) is 9.29 Å². The van der Waals surface area contributed by atoms with E-state index in [4.69, 9.17) is 4.74 Å². The second-order valence-electron chi connectivity index (χ2n) is 8.28. The van der Waals surface area contributed by atoms with Crippen LogP contribution >= 0.6 is 11.3 Å². The van der Waals surface area contributed by atoms with Gasteiger partial charge >= 0.3 is 0 Å². The van der Waals surface area contributed by atoms with Crippen LogP contribution in [-0.2, 0) is 14.8 Å². The number of carbonyl (C=O) groups excluding carboxylic acids is 1. The Morgan fingerprint density at radius 1 is 1.06 bits per heavy atom. The van der Waals surface area contributed by atoms with Crippen molar-refractivity contribution in [3.8, 4) is 0 Å². The summed E-state index contributed by atoms with van der Waals surface area (Å²) in [6.45, 7) is 3.35. The summed E-state index contributed by atoms with van der Waals surface area (Å²) in [6.07, 6.45) is 1.60. The average molecular weight is 521 g/mol. The highest BCUT2D eigenvalue weighted by Gasteiger charge is 2.27. The minimum atomic E-state index is -3.66. The van der Waals surface area contributed by atoms with E-state index in [9.17, 15) is 13.2 Å². The van der Waals surface area contributed by atoms with Crippen molar-refractivity contribution in [2.75, 3.05) is 31.3 Å². The molecule has 3 aromatic carbocycles. The van der Waals surface area contributed by atoms with E-state index in [1.54, 1.807) is 6.21 Å². The Kier molecular flexibility index (Phi) is 6.92. The van der Waals surface area contributed by atoms with Crippen molar-refractivity contribution in [2.45, 2.75) is 11.8 Å². The van der Waals surface area contributed by atoms with E-state index in [-0.39, 0.29) is 4.90 Å². The zero-order valence-electron chi connectivity index (χ0n) is 19.6. The Labute approximate surface area is 213 Å². The summed E-state index contributed by atoms with van der Waals surface area (Å²) in [4.78, 5) is 18.3. The minimum Gasteiger partial charge on any atom is -0.379 e. The molecule has 0 unspecified atom stereocenters. The van der Waals surface area contributed by atoms with E-state index in [1.165, 1.54) is 44.9 Å². The van der Waals surface area contributed by atoms with Crippen molar-refractivity contribution < 1.29 is 17.9 Å². The predicted octanol–water partition coefficient (Wildman–Crippen LogP) is 4.31. The third-order valence-corrected chi connectivity index (χ3v) is 8.64. The standard InChI is InChI=1S/C26H24N4O4S2/c1-19-7-12-23-24(17-19)35-26(28-23)30(27-18-20-5-3-2-4-6-20)25(31)21-8-10-22(11-9-21)36(32,33)29-13-15-34-16-14-29/h2-12,17-18H,13-16H2,1H3/b27-18+. The van der Waals surface area contributed by atoms with Crippen molar-refractivity contribution in [3.63, 3.8) is 0 Å². The Hall–Kier alpha value is -3.44. The number of hydrogen-bond acceptors (Lipinski definition) is 7. The van der Waals surface area contributed by atoms with Gasteiger partial charge in [-0.1, -0.05) is 47.7 Å². The molecule has 4 aromatic rings. The lowest BCUT2D eigenvalue weighted by atomic mass is 10.2. The second-order valence-corrected chi connectivity index (χ2v) is 11.2. The maximum atomic E-state index is 13.6. The molecule has 1 aliphatic rings. The number of thiazole rings is 1. The molecule has 1 aromatic heterocycles. The van der Waals surface area contributed by atoms with Crippen LogP contribution in [0.5, 0.6) is 0 Å². The van der Waals surface area contributed by atoms with Gasteiger partial charge in [-0.2, -0.15) is 14.4 Å². The van der Waals surface area contributed by atoms with Crippen molar-refractivity contribution in [3.05, 3.63) is 89.5 Å². The van der Waals surface area contributed by atoms with E-state index in [1.807, 2.05) is 55.5 Å². The van der Waals surface area contributed by atoms with Gasteiger partial charge in [0.15, 0.2) is 0 Å². The number of aromatic nitrogens is 1. The Morgan fingerprint density at radius 3 is 2.50 bits per heavy atom. The van der Waals surface area contributed by atoms with E-state index < -0.39 is 15.9 Å². The normalized spacial score (nSPS) is 14.9. The first-order chi connectivity index (χ1) is 17.4. The Balaban J connectivity index is 1.47. The largest absolute Gasteiger partial charge is 0.379 e. The molecule has 1 saturated heterocycles. The molecular weight excluding hydrogens is 496 g/mol. The number of nitrogens with zero attached hydrogens (tertiary/aromatic N) is 4. The molecule has 0 N–H and O–H groups in total. The van der Waals surface area contributed by atoms with Gasteiger partial charge in [0.25, 0.3) is 5.91 Å². The third kappa shape index (κ3) is 5.07. The molecule has 36 heavy (non-hydrogen) atoms. The minimum absolute atomic E-state index is 0.135. The summed E-state index contributed by atoms with van der Waals surface area (Å²) in [5.74, 6) is -0.409. The third-order valence-electron chi connectivity index (χ3n) is 5.74. The van der Waals surface area contributed by atoms with Gasteiger partial charge in [-0.05, 0) is 54.4 Å². The zero-order valence-corrected chi connectivity index (χ0v) is 21.2. The van der Waals surface area contributed by atoms with Gasteiger partial charge in [-0.3, -0.25) is 4.79 Å². The van der Waals surface area contributed by atoms with Crippen LogP contribution in [0.3, 0.4) is 0 Å². The number of carbonyl (C=O) groups is 1. The van der Waals surface area contributed by atoms with Crippen LogP contribution in [0.4, 0.5) is 5.13 Å². The molecule has 0 bridgehead atoms. The molecule has 8 nitrogen and oxygen atoms in total. The molecule has 1 fully saturated rings. The van der Waals surface area contributed by atoms with Gasteiger partial charge in [-0.25, -0.2) is 13.4 Å². The van der Waals surface area contributed by atoms with Crippen LogP contribution in [0.25, 0.3) is 10.2 Å². The number of hydrogen-bond donors (Lipinski definition) is 0. The Morgan fingerprint density at radius 2 is 1.78 bits per heavy atom. The number of fused-ring (bicyclic) bond motifs is 1. The SMILES string of the molecule is Cc1ccc2nc(N(/N=C/c3ccccc3)C(=O)c3ccc(S(=O)(=O)N4CCOCC4)cc3)sc2c1. The van der Waals surface area contributed by atoms with Gasteiger partial charge in [0, 0.05) is 18.7 Å². The number of benzene rings is 3. The predicted molar refractivity (Wildman–Crippen MR) is 141 cm³/mol. The molecule has 1 aliphatic heterocycles. The van der Waals surface area contributed by atoms with Crippen LogP contribution < -0.4 is 5.01 Å². The highest BCUT2D eigenvalue weighted by molar-refractivity contribution is 7.89. The highest BCUT2D eigenvalue weighted by Crippen LogP contribution is 2.31. The molecule has 5 rings (SSSR count). The second kappa shape index (κ2) is 10.3. The highest BCUT2D eigenvalue weighted by atomic mass is 32.2. The molecule has 0 spiro atoms. The molecule has 0 saturated carbocycles. The van der Waals surface area contributed by atoms with E-state index in [0.29, 0.717) is 37.0 Å². The molecule has 2 heterocycles. The first kappa shape index (κ1) is 24.3. The van der Waals surface area contributed by atoms with E-state index >= 15 is 0 Å². The summed E-state index contributed by atoms with van der Waals surface area (Å²) in [7, 11) is -3.66. The fourth-order valence-corrected chi connectivity index (χ4v) is 6.22. The fraction of sp³-hybridized carbons (Fsp3) is 0.192. The van der Waals surface area contributed by atoms with Crippen LogP contribution in [0.2, 0.25) is 0 Å². The summed E-state index contributed by atoms with van der Waals surface area (Å²) in [5.41, 5.74) is 3.01. The fourth-order valence-electron chi connectivity index (χ4n) is 3.79. The number of sulfonamides is 1. The molecule has 10 heteroatoms. The van der Waals surface area contributed by atoms with E-state index in [0.717, 1.165) is 21.3 Å². The first-order valence-corrected chi connectivity index (χ1v) is 13.7. The zero-order chi connectivity index (χ0) is 25.1. The number of amides is 1. The van der Waals surface area contributed by atoms with Gasteiger partial charge in [0.1, 0.15) is 0 Å². The molecule has 1 amide bonds. The lowest BCUT2D eigenvalue weighted by Crippen LogP contribution is -2.40. The number of anilines is 1. The Bertz CT molecular complexity index is 1510. The van der Waals surface area contributed by atoms with Gasteiger partial charge in [0.2, 0.25) is 15.2 Å². The smallest absolute Gasteiger partial charge is 0.280 e. The van der Waals surface area contributed by atoms with Crippen LogP contribution in [0.1, 0.15) is 21.5 Å². The van der Waals surface area contributed by atoms with Gasteiger partial charge < -0.3 is 4.74 Å². The molecule has 0 radical (unpaired) electrons. The topological polar surface area (TPSA) is 92.2 Å². The molecular formula is C26H24N4O4S2. The van der Waals surface area contributed by atoms with Gasteiger partial charge in [0.05, 0.1) is 34.5 Å². The summed E-state index contributed by atoms with van der Waals surface area (Å²) in [5, 5.41) is 6.16. The maximum Gasteiger partial charge on any atom is 0.280 e. The number of hydrazone groups is 1. The summed E-state index contributed by atoms with van der Waals surface area (Å²) in [6, 6.07) is 21.3.